The van der Waals surface area contributed by atoms with Crippen LogP contribution < -0.4 is 20.5 Å². The number of thiophene rings is 1. The Kier molecular flexibility index (Phi) is 7.70. The SMILES string of the molecule is COc1cc(/C=C/C(=O)Nc2sc3c(c2C(N)=O)CCCC3)cc(Br)c1OCc1ccccc1. The van der Waals surface area contributed by atoms with Gasteiger partial charge in [-0.25, -0.2) is 0 Å². The van der Waals surface area contributed by atoms with Gasteiger partial charge in [0.15, 0.2) is 11.5 Å². The lowest BCUT2D eigenvalue weighted by atomic mass is 9.95. The van der Waals surface area contributed by atoms with Gasteiger partial charge >= 0.3 is 0 Å². The molecule has 1 heterocycles. The molecule has 0 fully saturated rings. The number of nitrogens with one attached hydrogen (secondary N) is 1. The van der Waals surface area contributed by atoms with Crippen molar-refractivity contribution in [3.8, 4) is 11.5 Å². The average molecular weight is 541 g/mol. The second-order valence-corrected chi connectivity index (χ2v) is 9.87. The molecule has 8 heteroatoms. The molecule has 0 radical (unpaired) electrons. The van der Waals surface area contributed by atoms with Crippen molar-refractivity contribution in [2.45, 2.75) is 32.3 Å². The van der Waals surface area contributed by atoms with Crippen molar-refractivity contribution in [1.82, 2.24) is 0 Å². The van der Waals surface area contributed by atoms with Crippen LogP contribution in [0, 0.1) is 0 Å². The van der Waals surface area contributed by atoms with E-state index >= 15 is 0 Å². The first-order chi connectivity index (χ1) is 16.5. The first kappa shape index (κ1) is 24.0. The molecule has 3 N–H and O–H groups in total. The fourth-order valence-corrected chi connectivity index (χ4v) is 5.82. The van der Waals surface area contributed by atoms with Crippen LogP contribution in [0.5, 0.6) is 11.5 Å². The van der Waals surface area contributed by atoms with Crippen LogP contribution in [0.15, 0.2) is 53.0 Å². The number of hydrogen-bond donors (Lipinski definition) is 2. The molecule has 0 bridgehead atoms. The lowest BCUT2D eigenvalue weighted by molar-refractivity contribution is -0.111. The van der Waals surface area contributed by atoms with Crippen LogP contribution in [0.4, 0.5) is 5.00 Å². The van der Waals surface area contributed by atoms with Crippen molar-refractivity contribution >= 4 is 50.2 Å². The Balaban J connectivity index is 1.48. The number of fused-ring (bicyclic) bond motifs is 1. The first-order valence-corrected chi connectivity index (χ1v) is 12.5. The van der Waals surface area contributed by atoms with Crippen molar-refractivity contribution in [3.63, 3.8) is 0 Å². The summed E-state index contributed by atoms with van der Waals surface area (Å²) >= 11 is 4.99. The zero-order chi connectivity index (χ0) is 24.1. The molecule has 2 amide bonds. The van der Waals surface area contributed by atoms with E-state index in [9.17, 15) is 9.59 Å². The smallest absolute Gasteiger partial charge is 0.251 e. The largest absolute Gasteiger partial charge is 0.493 e. The van der Waals surface area contributed by atoms with Gasteiger partial charge in [0.05, 0.1) is 17.1 Å². The summed E-state index contributed by atoms with van der Waals surface area (Å²) in [6.07, 6.45) is 6.96. The molecular formula is C26H25BrN2O4S. The summed E-state index contributed by atoms with van der Waals surface area (Å²) in [7, 11) is 1.57. The number of ether oxygens (including phenoxy) is 2. The van der Waals surface area contributed by atoms with Crippen LogP contribution in [-0.4, -0.2) is 18.9 Å². The summed E-state index contributed by atoms with van der Waals surface area (Å²) in [5.74, 6) is 0.301. The van der Waals surface area contributed by atoms with Gasteiger partial charge in [0.25, 0.3) is 5.91 Å². The van der Waals surface area contributed by atoms with E-state index in [0.717, 1.165) is 47.3 Å². The molecule has 1 aromatic heterocycles. The minimum Gasteiger partial charge on any atom is -0.493 e. The molecule has 0 saturated carbocycles. The average Bonchev–Trinajstić information content (AvgIpc) is 3.20. The molecule has 0 aliphatic heterocycles. The number of hydrogen-bond acceptors (Lipinski definition) is 5. The third-order valence-electron chi connectivity index (χ3n) is 5.56. The number of halogens is 1. The number of anilines is 1. The lowest BCUT2D eigenvalue weighted by Gasteiger charge is -2.13. The maximum atomic E-state index is 12.6. The molecule has 2 aromatic carbocycles. The zero-order valence-electron chi connectivity index (χ0n) is 18.7. The van der Waals surface area contributed by atoms with E-state index in [2.05, 4.69) is 21.2 Å². The molecule has 0 atom stereocenters. The molecule has 1 aliphatic carbocycles. The van der Waals surface area contributed by atoms with Crippen LogP contribution in [0.2, 0.25) is 0 Å². The van der Waals surface area contributed by atoms with Crippen LogP contribution >= 0.6 is 27.3 Å². The normalized spacial score (nSPS) is 12.9. The molecule has 1 aliphatic rings. The van der Waals surface area contributed by atoms with Gasteiger partial charge in [-0.15, -0.1) is 11.3 Å². The van der Waals surface area contributed by atoms with Gasteiger partial charge < -0.3 is 20.5 Å². The van der Waals surface area contributed by atoms with Crippen LogP contribution in [-0.2, 0) is 24.2 Å². The summed E-state index contributed by atoms with van der Waals surface area (Å²) in [6, 6.07) is 13.5. The summed E-state index contributed by atoms with van der Waals surface area (Å²) in [5.41, 5.74) is 8.85. The van der Waals surface area contributed by atoms with E-state index in [1.807, 2.05) is 36.4 Å². The number of primary amides is 1. The third-order valence-corrected chi connectivity index (χ3v) is 7.36. The highest BCUT2D eigenvalue weighted by Gasteiger charge is 2.24. The molecule has 0 spiro atoms. The Hall–Kier alpha value is -3.10. The maximum absolute atomic E-state index is 12.6. The van der Waals surface area contributed by atoms with Crippen molar-refractivity contribution in [3.05, 3.63) is 80.1 Å². The van der Waals surface area contributed by atoms with E-state index < -0.39 is 5.91 Å². The minimum absolute atomic E-state index is 0.333. The van der Waals surface area contributed by atoms with E-state index in [1.54, 1.807) is 19.3 Å². The van der Waals surface area contributed by atoms with Crippen molar-refractivity contribution in [1.29, 1.82) is 0 Å². The Bertz CT molecular complexity index is 1240. The third kappa shape index (κ3) is 5.51. The van der Waals surface area contributed by atoms with E-state index in [0.29, 0.717) is 33.1 Å². The van der Waals surface area contributed by atoms with Gasteiger partial charge in [-0.1, -0.05) is 30.3 Å². The number of methoxy groups -OCH3 is 1. The van der Waals surface area contributed by atoms with Gasteiger partial charge in [-0.2, -0.15) is 0 Å². The quantitative estimate of drug-likeness (QED) is 0.357. The standard InChI is InChI=1S/C26H25BrN2O4S/c1-32-20-14-17(13-19(27)24(20)33-15-16-7-3-2-4-8-16)11-12-22(30)29-26-23(25(28)31)18-9-5-6-10-21(18)34-26/h2-4,7-8,11-14H,5-6,9-10,15H2,1H3,(H2,28,31)(H,29,30)/b12-11+. The Labute approximate surface area is 210 Å². The Morgan fingerprint density at radius 3 is 2.68 bits per heavy atom. The molecular weight excluding hydrogens is 516 g/mol. The number of aryl methyl sites for hydroxylation is 1. The van der Waals surface area contributed by atoms with E-state index in [1.165, 1.54) is 17.4 Å². The zero-order valence-corrected chi connectivity index (χ0v) is 21.1. The number of carbonyl (C=O) groups is 2. The lowest BCUT2D eigenvalue weighted by Crippen LogP contribution is -2.17. The van der Waals surface area contributed by atoms with Crippen LogP contribution in [0.1, 0.15) is 44.8 Å². The summed E-state index contributed by atoms with van der Waals surface area (Å²) < 4.78 is 12.2. The highest BCUT2D eigenvalue weighted by molar-refractivity contribution is 9.10. The molecule has 3 aromatic rings. The van der Waals surface area contributed by atoms with Crippen molar-refractivity contribution in [2.75, 3.05) is 12.4 Å². The fourth-order valence-electron chi connectivity index (χ4n) is 3.95. The monoisotopic (exact) mass is 540 g/mol. The Morgan fingerprint density at radius 1 is 1.18 bits per heavy atom. The van der Waals surface area contributed by atoms with Gasteiger partial charge in [-0.3, -0.25) is 9.59 Å². The molecule has 176 valence electrons. The van der Waals surface area contributed by atoms with Gasteiger partial charge in [0, 0.05) is 11.0 Å². The number of rotatable bonds is 8. The molecule has 34 heavy (non-hydrogen) atoms. The predicted molar refractivity (Wildman–Crippen MR) is 139 cm³/mol. The van der Waals surface area contributed by atoms with Crippen molar-refractivity contribution < 1.29 is 19.1 Å². The van der Waals surface area contributed by atoms with Gasteiger partial charge in [-0.05, 0) is 76.5 Å². The maximum Gasteiger partial charge on any atom is 0.251 e. The summed E-state index contributed by atoms with van der Waals surface area (Å²) in [5, 5.41) is 3.36. The number of benzene rings is 2. The minimum atomic E-state index is -0.501. The van der Waals surface area contributed by atoms with Crippen LogP contribution in [0.25, 0.3) is 6.08 Å². The van der Waals surface area contributed by atoms with E-state index in [-0.39, 0.29) is 5.91 Å². The molecule has 0 saturated heterocycles. The van der Waals surface area contributed by atoms with Crippen molar-refractivity contribution in [2.24, 2.45) is 5.73 Å². The van der Waals surface area contributed by atoms with Gasteiger partial charge in [0.1, 0.15) is 11.6 Å². The number of amides is 2. The fraction of sp³-hybridized carbons (Fsp3) is 0.231. The Morgan fingerprint density at radius 2 is 1.94 bits per heavy atom. The summed E-state index contributed by atoms with van der Waals surface area (Å²) in [6.45, 7) is 0.403. The topological polar surface area (TPSA) is 90.6 Å². The van der Waals surface area contributed by atoms with Gasteiger partial charge in [0.2, 0.25) is 5.91 Å². The molecule has 4 rings (SSSR count). The molecule has 0 unspecified atom stereocenters. The summed E-state index contributed by atoms with van der Waals surface area (Å²) in [4.78, 5) is 25.8. The predicted octanol–water partition coefficient (Wildman–Crippen LogP) is 5.73. The number of carbonyl (C=O) groups excluding carboxylic acids is 2. The first-order valence-electron chi connectivity index (χ1n) is 10.9. The second kappa shape index (κ2) is 10.9. The molecule has 6 nitrogen and oxygen atoms in total. The number of nitrogens with two attached hydrogens (primary N) is 1. The second-order valence-electron chi connectivity index (χ2n) is 7.91. The highest BCUT2D eigenvalue weighted by Crippen LogP contribution is 2.39. The van der Waals surface area contributed by atoms with E-state index in [4.69, 9.17) is 15.2 Å². The van der Waals surface area contributed by atoms with Crippen LogP contribution in [0.3, 0.4) is 0 Å². The highest BCUT2D eigenvalue weighted by atomic mass is 79.9.